The molecular weight excluding hydrogens is 288 g/mol. The first-order valence-electron chi connectivity index (χ1n) is 7.46. The maximum absolute atomic E-state index is 11.8. The molecule has 21 heavy (non-hydrogen) atoms. The van der Waals surface area contributed by atoms with Crippen LogP contribution < -0.4 is 15.4 Å². The van der Waals surface area contributed by atoms with E-state index in [-0.39, 0.29) is 11.9 Å². The molecule has 4 nitrogen and oxygen atoms in total. The van der Waals surface area contributed by atoms with E-state index in [1.54, 1.807) is 6.92 Å². The molecule has 0 spiro atoms. The third-order valence-corrected chi connectivity index (χ3v) is 3.48. The number of carbonyl (C=O) groups is 1. The van der Waals surface area contributed by atoms with E-state index in [2.05, 4.69) is 24.5 Å². The number of amides is 1. The summed E-state index contributed by atoms with van der Waals surface area (Å²) in [6.07, 6.45) is 0.335. The summed E-state index contributed by atoms with van der Waals surface area (Å²) in [5.41, 5.74) is 1.09. The SMILES string of the molecule is CCCNC(=O)C(C)Oc1ccc(C(C)NCC)cc1Cl. The fourth-order valence-electron chi connectivity index (χ4n) is 1.94. The molecule has 0 aromatic heterocycles. The van der Waals surface area contributed by atoms with Crippen LogP contribution in [0.5, 0.6) is 5.75 Å². The number of carbonyl (C=O) groups excluding carboxylic acids is 1. The number of benzene rings is 1. The fraction of sp³-hybridized carbons (Fsp3) is 0.562. The van der Waals surface area contributed by atoms with Crippen molar-refractivity contribution in [1.29, 1.82) is 0 Å². The molecule has 5 heteroatoms. The number of hydrogen-bond acceptors (Lipinski definition) is 3. The highest BCUT2D eigenvalue weighted by Crippen LogP contribution is 2.28. The number of rotatable bonds is 8. The standard InChI is InChI=1S/C16H25ClN2O2/c1-5-9-19-16(20)12(4)21-15-8-7-13(10-14(15)17)11(3)18-6-2/h7-8,10-12,18H,5-6,9H2,1-4H3,(H,19,20). The van der Waals surface area contributed by atoms with E-state index in [9.17, 15) is 4.79 Å². The van der Waals surface area contributed by atoms with Gasteiger partial charge in [-0.15, -0.1) is 0 Å². The predicted octanol–water partition coefficient (Wildman–Crippen LogP) is 3.30. The summed E-state index contributed by atoms with van der Waals surface area (Å²) >= 11 is 6.24. The molecule has 0 aliphatic rings. The third-order valence-electron chi connectivity index (χ3n) is 3.19. The van der Waals surface area contributed by atoms with Crippen molar-refractivity contribution in [2.45, 2.75) is 46.3 Å². The molecule has 0 saturated heterocycles. The molecule has 1 amide bonds. The maximum Gasteiger partial charge on any atom is 0.260 e. The second kappa shape index (κ2) is 8.90. The second-order valence-corrected chi connectivity index (χ2v) is 5.43. The minimum Gasteiger partial charge on any atom is -0.479 e. The van der Waals surface area contributed by atoms with Crippen molar-refractivity contribution in [3.63, 3.8) is 0 Å². The highest BCUT2D eigenvalue weighted by Gasteiger charge is 2.16. The maximum atomic E-state index is 11.8. The molecule has 0 heterocycles. The van der Waals surface area contributed by atoms with Gasteiger partial charge in [-0.25, -0.2) is 0 Å². The molecule has 0 aliphatic heterocycles. The van der Waals surface area contributed by atoms with E-state index in [4.69, 9.17) is 16.3 Å². The van der Waals surface area contributed by atoms with Gasteiger partial charge in [-0.1, -0.05) is 31.5 Å². The average Bonchev–Trinajstić information content (AvgIpc) is 2.46. The molecule has 0 bridgehead atoms. The molecule has 0 aliphatic carbocycles. The lowest BCUT2D eigenvalue weighted by Crippen LogP contribution is -2.36. The quantitative estimate of drug-likeness (QED) is 0.774. The average molecular weight is 313 g/mol. The second-order valence-electron chi connectivity index (χ2n) is 5.02. The van der Waals surface area contributed by atoms with Crippen molar-refractivity contribution < 1.29 is 9.53 Å². The van der Waals surface area contributed by atoms with E-state index < -0.39 is 6.10 Å². The topological polar surface area (TPSA) is 50.4 Å². The predicted molar refractivity (Wildman–Crippen MR) is 86.9 cm³/mol. The van der Waals surface area contributed by atoms with Crippen LogP contribution in [0.15, 0.2) is 18.2 Å². The Bertz CT molecular complexity index is 466. The van der Waals surface area contributed by atoms with Crippen LogP contribution in [0, 0.1) is 0 Å². The molecular formula is C16H25ClN2O2. The molecule has 118 valence electrons. The van der Waals surface area contributed by atoms with Crippen LogP contribution in [0.25, 0.3) is 0 Å². The van der Waals surface area contributed by atoms with Gasteiger partial charge in [0.2, 0.25) is 0 Å². The molecule has 2 unspecified atom stereocenters. The lowest BCUT2D eigenvalue weighted by molar-refractivity contribution is -0.127. The van der Waals surface area contributed by atoms with Gasteiger partial charge < -0.3 is 15.4 Å². The van der Waals surface area contributed by atoms with Crippen LogP contribution >= 0.6 is 11.6 Å². The normalized spacial score (nSPS) is 13.6. The van der Waals surface area contributed by atoms with Gasteiger partial charge in [0.15, 0.2) is 6.10 Å². The first kappa shape index (κ1) is 17.8. The molecule has 0 saturated carbocycles. The van der Waals surface area contributed by atoms with Gasteiger partial charge in [0.1, 0.15) is 5.75 Å². The van der Waals surface area contributed by atoms with E-state index in [0.29, 0.717) is 17.3 Å². The summed E-state index contributed by atoms with van der Waals surface area (Å²) in [5, 5.41) is 6.65. The van der Waals surface area contributed by atoms with E-state index in [1.165, 1.54) is 0 Å². The van der Waals surface area contributed by atoms with Gasteiger partial charge >= 0.3 is 0 Å². The van der Waals surface area contributed by atoms with Crippen molar-refractivity contribution in [3.8, 4) is 5.75 Å². The van der Waals surface area contributed by atoms with E-state index in [0.717, 1.165) is 18.5 Å². The third kappa shape index (κ3) is 5.56. The number of hydrogen-bond donors (Lipinski definition) is 2. The highest BCUT2D eigenvalue weighted by molar-refractivity contribution is 6.32. The number of halogens is 1. The minimum atomic E-state index is -0.564. The zero-order valence-electron chi connectivity index (χ0n) is 13.2. The van der Waals surface area contributed by atoms with Crippen molar-refractivity contribution >= 4 is 17.5 Å². The number of nitrogens with one attached hydrogen (secondary N) is 2. The Morgan fingerprint density at radius 3 is 2.62 bits per heavy atom. The summed E-state index contributed by atoms with van der Waals surface area (Å²) in [6.45, 7) is 9.41. The molecule has 0 radical (unpaired) electrons. The van der Waals surface area contributed by atoms with Crippen molar-refractivity contribution in [3.05, 3.63) is 28.8 Å². The first-order chi connectivity index (χ1) is 9.99. The van der Waals surface area contributed by atoms with Gasteiger partial charge in [-0.3, -0.25) is 4.79 Å². The zero-order chi connectivity index (χ0) is 15.8. The molecule has 1 aromatic rings. The summed E-state index contributed by atoms with van der Waals surface area (Å²) in [4.78, 5) is 11.8. The first-order valence-corrected chi connectivity index (χ1v) is 7.84. The van der Waals surface area contributed by atoms with Crippen LogP contribution in [0.2, 0.25) is 5.02 Å². The smallest absolute Gasteiger partial charge is 0.260 e. The van der Waals surface area contributed by atoms with Gasteiger partial charge in [-0.2, -0.15) is 0 Å². The molecule has 1 rings (SSSR count). The molecule has 2 atom stereocenters. The van der Waals surface area contributed by atoms with Gasteiger partial charge in [0, 0.05) is 12.6 Å². The minimum absolute atomic E-state index is 0.127. The Balaban J connectivity index is 2.70. The summed E-state index contributed by atoms with van der Waals surface area (Å²) in [5.74, 6) is 0.404. The summed E-state index contributed by atoms with van der Waals surface area (Å²) < 4.78 is 5.63. The highest BCUT2D eigenvalue weighted by atomic mass is 35.5. The Morgan fingerprint density at radius 2 is 2.05 bits per heavy atom. The molecule has 2 N–H and O–H groups in total. The lowest BCUT2D eigenvalue weighted by atomic mass is 10.1. The Kier molecular flexibility index (Phi) is 7.54. The largest absolute Gasteiger partial charge is 0.479 e. The van der Waals surface area contributed by atoms with E-state index >= 15 is 0 Å². The van der Waals surface area contributed by atoms with Crippen LogP contribution in [0.1, 0.15) is 45.7 Å². The Labute approximate surface area is 132 Å². The van der Waals surface area contributed by atoms with Crippen LogP contribution in [-0.4, -0.2) is 25.1 Å². The lowest BCUT2D eigenvalue weighted by Gasteiger charge is -2.17. The zero-order valence-corrected chi connectivity index (χ0v) is 14.0. The van der Waals surface area contributed by atoms with Gasteiger partial charge in [0.05, 0.1) is 5.02 Å². The van der Waals surface area contributed by atoms with Crippen LogP contribution in [0.4, 0.5) is 0 Å². The summed E-state index contributed by atoms with van der Waals surface area (Å²) in [6, 6.07) is 5.88. The van der Waals surface area contributed by atoms with Gasteiger partial charge in [0.25, 0.3) is 5.91 Å². The Morgan fingerprint density at radius 1 is 1.33 bits per heavy atom. The van der Waals surface area contributed by atoms with Crippen molar-refractivity contribution in [2.75, 3.05) is 13.1 Å². The fourth-order valence-corrected chi connectivity index (χ4v) is 2.18. The Hall–Kier alpha value is -1.26. The molecule has 0 fully saturated rings. The van der Waals surface area contributed by atoms with Crippen molar-refractivity contribution in [1.82, 2.24) is 10.6 Å². The van der Waals surface area contributed by atoms with Crippen LogP contribution in [0.3, 0.4) is 0 Å². The van der Waals surface area contributed by atoms with Crippen LogP contribution in [-0.2, 0) is 4.79 Å². The molecule has 1 aromatic carbocycles. The number of ether oxygens (including phenoxy) is 1. The monoisotopic (exact) mass is 312 g/mol. The van der Waals surface area contributed by atoms with Gasteiger partial charge in [-0.05, 0) is 44.5 Å². The van der Waals surface area contributed by atoms with Crippen molar-refractivity contribution in [2.24, 2.45) is 0 Å². The summed E-state index contributed by atoms with van der Waals surface area (Å²) in [7, 11) is 0. The van der Waals surface area contributed by atoms with E-state index in [1.807, 2.05) is 25.1 Å².